The number of ketones is 1. The molecule has 0 fully saturated rings. The Labute approximate surface area is 103 Å². The molecule has 1 aliphatic carbocycles. The summed E-state index contributed by atoms with van der Waals surface area (Å²) in [5.74, 6) is 0.0996. The quantitative estimate of drug-likeness (QED) is 0.508. The molecular formula is C15H10N2O. The molecule has 0 bridgehead atoms. The van der Waals surface area contributed by atoms with E-state index in [1.165, 1.54) is 0 Å². The first-order valence-electron chi connectivity index (χ1n) is 5.89. The molecule has 0 unspecified atom stereocenters. The van der Waals surface area contributed by atoms with Crippen molar-refractivity contribution in [3.63, 3.8) is 0 Å². The van der Waals surface area contributed by atoms with Gasteiger partial charge in [-0.25, -0.2) is 0 Å². The number of H-pyrrole nitrogens is 1. The summed E-state index contributed by atoms with van der Waals surface area (Å²) >= 11 is 0. The number of carbonyl (C=O) groups is 1. The number of aryl methyl sites for hydroxylation is 1. The number of hydrogen-bond donors (Lipinski definition) is 1. The maximum absolute atomic E-state index is 12.6. The predicted octanol–water partition coefficient (Wildman–Crippen LogP) is 3.08. The molecule has 1 aliphatic rings. The Hall–Kier alpha value is -2.42. The van der Waals surface area contributed by atoms with E-state index in [0.29, 0.717) is 0 Å². The Morgan fingerprint density at radius 1 is 1.06 bits per heavy atom. The second-order valence-corrected chi connectivity index (χ2v) is 4.63. The van der Waals surface area contributed by atoms with Crippen LogP contribution in [0.25, 0.3) is 22.2 Å². The number of aromatic nitrogens is 2. The number of hydrogen-bond acceptors (Lipinski definition) is 2. The van der Waals surface area contributed by atoms with E-state index in [2.05, 4.69) is 10.2 Å². The molecule has 4 rings (SSSR count). The van der Waals surface area contributed by atoms with Crippen molar-refractivity contribution in [1.29, 1.82) is 0 Å². The largest absolute Gasteiger partial charge is 0.289 e. The molecule has 1 heterocycles. The fourth-order valence-electron chi connectivity index (χ4n) is 2.73. The van der Waals surface area contributed by atoms with Crippen LogP contribution in [0, 0.1) is 6.92 Å². The van der Waals surface area contributed by atoms with Crippen molar-refractivity contribution < 1.29 is 4.79 Å². The van der Waals surface area contributed by atoms with Gasteiger partial charge in [0.25, 0.3) is 0 Å². The van der Waals surface area contributed by atoms with Crippen LogP contribution in [0.3, 0.4) is 0 Å². The zero-order valence-electron chi connectivity index (χ0n) is 9.82. The summed E-state index contributed by atoms with van der Waals surface area (Å²) in [7, 11) is 0. The molecule has 3 aromatic rings. The third-order valence-electron chi connectivity index (χ3n) is 3.59. The molecule has 1 N–H and O–H groups in total. The van der Waals surface area contributed by atoms with Crippen molar-refractivity contribution in [2.24, 2.45) is 0 Å². The smallest absolute Gasteiger partial charge is 0.194 e. The highest BCUT2D eigenvalue weighted by atomic mass is 16.1. The topological polar surface area (TPSA) is 45.8 Å². The molecule has 0 amide bonds. The number of nitrogens with zero attached hydrogens (tertiary/aromatic N) is 1. The van der Waals surface area contributed by atoms with Crippen LogP contribution in [0.2, 0.25) is 0 Å². The van der Waals surface area contributed by atoms with Crippen LogP contribution in [0.5, 0.6) is 0 Å². The van der Waals surface area contributed by atoms with E-state index in [-0.39, 0.29) is 5.78 Å². The van der Waals surface area contributed by atoms with Crippen LogP contribution < -0.4 is 0 Å². The lowest BCUT2D eigenvalue weighted by molar-refractivity contribution is 0.103. The summed E-state index contributed by atoms with van der Waals surface area (Å²) in [5, 5.41) is 8.33. The van der Waals surface area contributed by atoms with Crippen LogP contribution in [-0.4, -0.2) is 16.0 Å². The Morgan fingerprint density at radius 3 is 2.67 bits per heavy atom. The first-order valence-corrected chi connectivity index (χ1v) is 5.89. The SMILES string of the molecule is Cc1ccc2[nH]nc3c2c1C(=O)c1ccccc1-3. The zero-order chi connectivity index (χ0) is 12.3. The second kappa shape index (κ2) is 3.07. The predicted molar refractivity (Wildman–Crippen MR) is 69.7 cm³/mol. The molecule has 0 saturated heterocycles. The zero-order valence-corrected chi connectivity index (χ0v) is 9.82. The minimum atomic E-state index is 0.0996. The Morgan fingerprint density at radius 2 is 1.83 bits per heavy atom. The van der Waals surface area contributed by atoms with E-state index in [9.17, 15) is 4.79 Å². The minimum Gasteiger partial charge on any atom is -0.289 e. The lowest BCUT2D eigenvalue weighted by Gasteiger charge is -2.16. The first kappa shape index (κ1) is 9.59. The highest BCUT2D eigenvalue weighted by Crippen LogP contribution is 2.38. The van der Waals surface area contributed by atoms with E-state index < -0.39 is 0 Å². The highest BCUT2D eigenvalue weighted by molar-refractivity contribution is 6.25. The molecule has 0 saturated carbocycles. The van der Waals surface area contributed by atoms with Crippen molar-refractivity contribution in [2.45, 2.75) is 6.92 Å². The van der Waals surface area contributed by atoms with Crippen LogP contribution in [0.4, 0.5) is 0 Å². The van der Waals surface area contributed by atoms with Gasteiger partial charge in [-0.3, -0.25) is 9.89 Å². The maximum atomic E-state index is 12.6. The first-order chi connectivity index (χ1) is 8.77. The van der Waals surface area contributed by atoms with E-state index in [1.54, 1.807) is 0 Å². The van der Waals surface area contributed by atoms with Crippen LogP contribution in [0.15, 0.2) is 36.4 Å². The van der Waals surface area contributed by atoms with Crippen LogP contribution in [-0.2, 0) is 0 Å². The van der Waals surface area contributed by atoms with Gasteiger partial charge in [-0.05, 0) is 18.6 Å². The van der Waals surface area contributed by atoms with E-state index in [1.807, 2.05) is 43.3 Å². The Balaban J connectivity index is 2.28. The highest BCUT2D eigenvalue weighted by Gasteiger charge is 2.28. The van der Waals surface area contributed by atoms with Crippen molar-refractivity contribution in [3.8, 4) is 11.3 Å². The molecule has 0 aliphatic heterocycles. The molecule has 86 valence electrons. The molecule has 3 nitrogen and oxygen atoms in total. The van der Waals surface area contributed by atoms with Gasteiger partial charge in [0.2, 0.25) is 0 Å². The molecule has 18 heavy (non-hydrogen) atoms. The van der Waals surface area contributed by atoms with Gasteiger partial charge < -0.3 is 0 Å². The third-order valence-corrected chi connectivity index (χ3v) is 3.59. The molecule has 0 atom stereocenters. The van der Waals surface area contributed by atoms with Gasteiger partial charge in [0.15, 0.2) is 5.78 Å². The number of carbonyl (C=O) groups excluding carboxylic acids is 1. The molecule has 1 aromatic heterocycles. The number of rotatable bonds is 0. The van der Waals surface area contributed by atoms with Crippen molar-refractivity contribution in [1.82, 2.24) is 10.2 Å². The summed E-state index contributed by atoms with van der Waals surface area (Å²) in [6, 6.07) is 11.6. The van der Waals surface area contributed by atoms with E-state index in [0.717, 1.165) is 38.9 Å². The summed E-state index contributed by atoms with van der Waals surface area (Å²) in [6.45, 7) is 1.97. The fourth-order valence-corrected chi connectivity index (χ4v) is 2.73. The van der Waals surface area contributed by atoms with Gasteiger partial charge in [0.1, 0.15) is 5.69 Å². The average Bonchev–Trinajstić information content (AvgIpc) is 2.82. The standard InChI is InChI=1S/C15H10N2O/c1-8-6-7-11-13-12(8)15(18)10-5-3-2-4-9(10)14(13)17-16-11/h2-7H,1H3,(H,16,17). The van der Waals surface area contributed by atoms with Crippen molar-refractivity contribution >= 4 is 16.7 Å². The summed E-state index contributed by atoms with van der Waals surface area (Å²) in [5.41, 5.74) is 5.27. The van der Waals surface area contributed by atoms with E-state index >= 15 is 0 Å². The van der Waals surface area contributed by atoms with Gasteiger partial charge in [0, 0.05) is 22.1 Å². The Kier molecular flexibility index (Phi) is 1.64. The monoisotopic (exact) mass is 234 g/mol. The number of benzene rings is 2. The maximum Gasteiger partial charge on any atom is 0.194 e. The minimum absolute atomic E-state index is 0.0996. The summed E-state index contributed by atoms with van der Waals surface area (Å²) in [6.07, 6.45) is 0. The van der Waals surface area contributed by atoms with Crippen LogP contribution in [0.1, 0.15) is 21.5 Å². The molecule has 0 spiro atoms. The van der Waals surface area contributed by atoms with Gasteiger partial charge in [0.05, 0.1) is 5.52 Å². The van der Waals surface area contributed by atoms with Crippen molar-refractivity contribution in [2.75, 3.05) is 0 Å². The lowest BCUT2D eigenvalue weighted by Crippen LogP contribution is -2.10. The number of fused-ring (bicyclic) bond motifs is 2. The Bertz CT molecular complexity index is 814. The summed E-state index contributed by atoms with van der Waals surface area (Å²) < 4.78 is 0. The molecular weight excluding hydrogens is 224 g/mol. The second-order valence-electron chi connectivity index (χ2n) is 4.63. The number of nitrogens with one attached hydrogen (secondary N) is 1. The van der Waals surface area contributed by atoms with Crippen LogP contribution >= 0.6 is 0 Å². The third kappa shape index (κ3) is 0.991. The van der Waals surface area contributed by atoms with E-state index in [4.69, 9.17) is 0 Å². The summed E-state index contributed by atoms with van der Waals surface area (Å²) in [4.78, 5) is 12.6. The van der Waals surface area contributed by atoms with Gasteiger partial charge in [-0.15, -0.1) is 0 Å². The average molecular weight is 234 g/mol. The molecule has 3 heteroatoms. The fraction of sp³-hybridized carbons (Fsp3) is 0.0667. The lowest BCUT2D eigenvalue weighted by atomic mass is 9.85. The van der Waals surface area contributed by atoms with Gasteiger partial charge >= 0.3 is 0 Å². The van der Waals surface area contributed by atoms with Gasteiger partial charge in [-0.2, -0.15) is 5.10 Å². The normalized spacial score (nSPS) is 12.8. The van der Waals surface area contributed by atoms with Crippen molar-refractivity contribution in [3.05, 3.63) is 53.1 Å². The number of aromatic amines is 1. The molecule has 0 radical (unpaired) electrons. The van der Waals surface area contributed by atoms with Gasteiger partial charge in [-0.1, -0.05) is 30.3 Å². The molecule has 2 aromatic carbocycles.